The molecule has 0 fully saturated rings. The highest BCUT2D eigenvalue weighted by Gasteiger charge is 2.39. The van der Waals surface area contributed by atoms with Gasteiger partial charge in [-0.2, -0.15) is 0 Å². The van der Waals surface area contributed by atoms with E-state index in [1.165, 1.54) is 5.56 Å². The normalized spacial score (nSPS) is 16.4. The molecule has 2 aromatic rings. The van der Waals surface area contributed by atoms with E-state index in [2.05, 4.69) is 53.7 Å². The van der Waals surface area contributed by atoms with Gasteiger partial charge in [-0.3, -0.25) is 4.79 Å². The third-order valence-electron chi connectivity index (χ3n) is 5.30. The molecule has 0 spiro atoms. The Bertz CT molecular complexity index is 941. The van der Waals surface area contributed by atoms with E-state index in [-0.39, 0.29) is 22.8 Å². The lowest BCUT2D eigenvalue weighted by molar-refractivity contribution is -0.133. The van der Waals surface area contributed by atoms with Gasteiger partial charge in [0, 0.05) is 11.1 Å². The zero-order valence-corrected chi connectivity index (χ0v) is 18.4. The van der Waals surface area contributed by atoms with E-state index < -0.39 is 5.92 Å². The molecule has 4 heteroatoms. The van der Waals surface area contributed by atoms with Crippen LogP contribution in [0.1, 0.15) is 87.0 Å². The van der Waals surface area contributed by atoms with E-state index in [0.29, 0.717) is 17.9 Å². The summed E-state index contributed by atoms with van der Waals surface area (Å²) in [5, 5.41) is 0. The molecule has 0 N–H and O–H groups in total. The fourth-order valence-corrected chi connectivity index (χ4v) is 3.60. The average Bonchev–Trinajstić information content (AvgIpc) is 2.95. The highest BCUT2D eigenvalue weighted by atomic mass is 16.5. The quantitative estimate of drug-likeness (QED) is 0.509. The molecule has 29 heavy (non-hydrogen) atoms. The van der Waals surface area contributed by atoms with E-state index >= 15 is 0 Å². The van der Waals surface area contributed by atoms with E-state index in [0.717, 1.165) is 16.7 Å². The van der Waals surface area contributed by atoms with Crippen LogP contribution in [-0.4, -0.2) is 18.5 Å². The minimum absolute atomic E-state index is 0.0566. The lowest BCUT2D eigenvalue weighted by Crippen LogP contribution is -2.17. The molecule has 0 aliphatic carbocycles. The number of benzene rings is 2. The maximum atomic E-state index is 12.9. The van der Waals surface area contributed by atoms with Crippen LogP contribution in [0.4, 0.5) is 0 Å². The molecule has 2 aromatic carbocycles. The molecule has 1 heterocycles. The molecule has 4 nitrogen and oxygen atoms in total. The summed E-state index contributed by atoms with van der Waals surface area (Å²) in [5.74, 6) is -0.460. The van der Waals surface area contributed by atoms with Crippen molar-refractivity contribution in [3.63, 3.8) is 0 Å². The molecule has 154 valence electrons. The second-order valence-electron chi connectivity index (χ2n) is 9.64. The molecule has 0 saturated heterocycles. The Morgan fingerprint density at radius 2 is 1.62 bits per heavy atom. The lowest BCUT2D eigenvalue weighted by Gasteiger charge is -2.27. The number of fused-ring (bicyclic) bond motifs is 1. The maximum Gasteiger partial charge on any atom is 0.338 e. The zero-order chi connectivity index (χ0) is 21.6. The number of ether oxygens (including phenoxy) is 2. The first kappa shape index (κ1) is 21.1. The van der Waals surface area contributed by atoms with Gasteiger partial charge < -0.3 is 9.47 Å². The Labute approximate surface area is 173 Å². The fraction of sp³-hybridized carbons (Fsp3) is 0.440. The maximum absolute atomic E-state index is 12.9. The summed E-state index contributed by atoms with van der Waals surface area (Å²) < 4.78 is 10.8. The van der Waals surface area contributed by atoms with Crippen molar-refractivity contribution in [3.05, 3.63) is 64.2 Å². The zero-order valence-electron chi connectivity index (χ0n) is 18.4. The molecule has 0 aromatic heterocycles. The SMILES string of the molecule is CCOC(=O)c1ccc(C2C(=O)Oc3c2cc(C(C)(C)C)cc3C(C)(C)C)cc1. The third kappa shape index (κ3) is 4.07. The predicted molar refractivity (Wildman–Crippen MR) is 114 cm³/mol. The summed E-state index contributed by atoms with van der Waals surface area (Å²) in [6, 6.07) is 11.3. The summed E-state index contributed by atoms with van der Waals surface area (Å²) >= 11 is 0. The van der Waals surface area contributed by atoms with Gasteiger partial charge in [0.25, 0.3) is 0 Å². The Morgan fingerprint density at radius 3 is 2.14 bits per heavy atom. The number of carbonyl (C=O) groups excluding carboxylic acids is 2. The van der Waals surface area contributed by atoms with Crippen LogP contribution in [0.25, 0.3) is 0 Å². The van der Waals surface area contributed by atoms with Gasteiger partial charge in [-0.15, -0.1) is 0 Å². The van der Waals surface area contributed by atoms with E-state index in [4.69, 9.17) is 9.47 Å². The van der Waals surface area contributed by atoms with Gasteiger partial charge >= 0.3 is 11.9 Å². The van der Waals surface area contributed by atoms with Crippen LogP contribution in [0, 0.1) is 0 Å². The van der Waals surface area contributed by atoms with Gasteiger partial charge in [0.1, 0.15) is 11.7 Å². The van der Waals surface area contributed by atoms with Gasteiger partial charge in [-0.1, -0.05) is 65.8 Å². The second-order valence-corrected chi connectivity index (χ2v) is 9.64. The molecule has 0 radical (unpaired) electrons. The van der Waals surface area contributed by atoms with Crippen LogP contribution in [0.5, 0.6) is 5.75 Å². The molecular formula is C25H30O4. The van der Waals surface area contributed by atoms with Crippen LogP contribution in [-0.2, 0) is 20.4 Å². The van der Waals surface area contributed by atoms with Crippen molar-refractivity contribution in [1.29, 1.82) is 0 Å². The van der Waals surface area contributed by atoms with Crippen molar-refractivity contribution >= 4 is 11.9 Å². The van der Waals surface area contributed by atoms with E-state index in [1.807, 2.05) is 12.1 Å². The molecule has 1 unspecified atom stereocenters. The molecule has 1 aliphatic rings. The first-order valence-electron chi connectivity index (χ1n) is 10.1. The number of carbonyl (C=O) groups is 2. The van der Waals surface area contributed by atoms with Crippen LogP contribution < -0.4 is 4.74 Å². The number of hydrogen-bond donors (Lipinski definition) is 0. The van der Waals surface area contributed by atoms with Crippen LogP contribution >= 0.6 is 0 Å². The van der Waals surface area contributed by atoms with E-state index in [1.54, 1.807) is 19.1 Å². The molecule has 1 aliphatic heterocycles. The van der Waals surface area contributed by atoms with Gasteiger partial charge in [0.15, 0.2) is 0 Å². The minimum atomic E-state index is -0.496. The van der Waals surface area contributed by atoms with E-state index in [9.17, 15) is 9.59 Å². The summed E-state index contributed by atoms with van der Waals surface area (Å²) in [6.07, 6.45) is 0. The summed E-state index contributed by atoms with van der Waals surface area (Å²) in [4.78, 5) is 24.8. The lowest BCUT2D eigenvalue weighted by atomic mass is 9.77. The van der Waals surface area contributed by atoms with Gasteiger partial charge in [-0.05, 0) is 41.0 Å². The van der Waals surface area contributed by atoms with Crippen molar-refractivity contribution in [2.75, 3.05) is 6.61 Å². The van der Waals surface area contributed by atoms with Crippen molar-refractivity contribution in [2.45, 2.75) is 65.2 Å². The average molecular weight is 395 g/mol. The number of esters is 2. The first-order valence-corrected chi connectivity index (χ1v) is 10.1. The largest absolute Gasteiger partial charge is 0.462 e. The highest BCUT2D eigenvalue weighted by Crippen LogP contribution is 2.47. The van der Waals surface area contributed by atoms with Crippen molar-refractivity contribution in [1.82, 2.24) is 0 Å². The third-order valence-corrected chi connectivity index (χ3v) is 5.30. The van der Waals surface area contributed by atoms with Gasteiger partial charge in [0.05, 0.1) is 12.2 Å². The highest BCUT2D eigenvalue weighted by molar-refractivity contribution is 5.92. The van der Waals surface area contributed by atoms with Crippen molar-refractivity contribution in [3.8, 4) is 5.75 Å². The van der Waals surface area contributed by atoms with Gasteiger partial charge in [0.2, 0.25) is 0 Å². The minimum Gasteiger partial charge on any atom is -0.462 e. The van der Waals surface area contributed by atoms with Crippen molar-refractivity contribution < 1.29 is 19.1 Å². The fourth-order valence-electron chi connectivity index (χ4n) is 3.60. The van der Waals surface area contributed by atoms with Crippen LogP contribution in [0.3, 0.4) is 0 Å². The summed E-state index contributed by atoms with van der Waals surface area (Å²) in [6.45, 7) is 15.0. The smallest absolute Gasteiger partial charge is 0.338 e. The standard InChI is InChI=1S/C25H30O4/c1-8-28-22(26)16-11-9-15(10-12-16)20-18-13-17(24(2,3)4)14-19(25(5,6)7)21(18)29-23(20)27/h9-14,20H,8H2,1-7H3. The Hall–Kier alpha value is -2.62. The monoisotopic (exact) mass is 394 g/mol. The molecule has 0 amide bonds. The Kier molecular flexibility index (Phi) is 5.33. The number of hydrogen-bond acceptors (Lipinski definition) is 4. The molecule has 0 bridgehead atoms. The summed E-state index contributed by atoms with van der Waals surface area (Å²) in [5.41, 5.74) is 4.18. The van der Waals surface area contributed by atoms with Crippen LogP contribution in [0.2, 0.25) is 0 Å². The summed E-state index contributed by atoms with van der Waals surface area (Å²) in [7, 11) is 0. The molecular weight excluding hydrogens is 364 g/mol. The number of rotatable bonds is 3. The first-order chi connectivity index (χ1) is 13.4. The molecule has 0 saturated carbocycles. The van der Waals surface area contributed by atoms with Gasteiger partial charge in [-0.25, -0.2) is 4.79 Å². The topological polar surface area (TPSA) is 52.6 Å². The molecule has 1 atom stereocenters. The molecule has 3 rings (SSSR count). The van der Waals surface area contributed by atoms with Crippen LogP contribution in [0.15, 0.2) is 36.4 Å². The van der Waals surface area contributed by atoms with Crippen molar-refractivity contribution in [2.24, 2.45) is 0 Å². The Balaban J connectivity index is 2.11. The predicted octanol–water partition coefficient (Wildman–Crippen LogP) is 5.51. The second kappa shape index (κ2) is 7.33. The Morgan fingerprint density at radius 1 is 1.00 bits per heavy atom.